The van der Waals surface area contributed by atoms with Gasteiger partial charge in [0.15, 0.2) is 0 Å². The Morgan fingerprint density at radius 3 is 2.44 bits per heavy atom. The van der Waals surface area contributed by atoms with Crippen LogP contribution in [0.15, 0.2) is 0 Å². The smallest absolute Gasteiger partial charge is 0.310 e. The van der Waals surface area contributed by atoms with Crippen molar-refractivity contribution in [3.8, 4) is 24.2 Å². The zero-order chi connectivity index (χ0) is 13.6. The Balaban J connectivity index is 2.68. The van der Waals surface area contributed by atoms with E-state index < -0.39 is 11.4 Å². The summed E-state index contributed by atoms with van der Waals surface area (Å²) in [5.74, 6) is 6.76. The highest BCUT2D eigenvalue weighted by molar-refractivity contribution is 5.86. The fraction of sp³-hybridized carbons (Fsp3) is 0.571. The first kappa shape index (κ1) is 14.1. The van der Waals surface area contributed by atoms with Gasteiger partial charge in [-0.25, -0.2) is 0 Å². The Labute approximate surface area is 107 Å². The molecule has 4 heteroatoms. The highest BCUT2D eigenvalue weighted by Crippen LogP contribution is 2.44. The van der Waals surface area contributed by atoms with Crippen LogP contribution in [0, 0.1) is 29.6 Å². The summed E-state index contributed by atoms with van der Waals surface area (Å²) in [4.78, 5) is 24.7. The number of aliphatic carboxylic acids is 1. The van der Waals surface area contributed by atoms with Crippen molar-refractivity contribution in [2.24, 2.45) is 5.41 Å². The second kappa shape index (κ2) is 6.12. The zero-order valence-electron chi connectivity index (χ0n) is 10.5. The molecular formula is C14H17NO3. The summed E-state index contributed by atoms with van der Waals surface area (Å²) in [5.41, 5.74) is -0.871. The van der Waals surface area contributed by atoms with Crippen molar-refractivity contribution < 1.29 is 14.7 Å². The predicted octanol–water partition coefficient (Wildman–Crippen LogP) is 1.12. The molecule has 4 nitrogen and oxygen atoms in total. The molecule has 0 radical (unpaired) electrons. The number of carbonyl (C=O) groups excluding carboxylic acids is 1. The summed E-state index contributed by atoms with van der Waals surface area (Å²) < 4.78 is 0. The van der Waals surface area contributed by atoms with Crippen molar-refractivity contribution in [1.82, 2.24) is 4.90 Å². The van der Waals surface area contributed by atoms with Crippen LogP contribution in [-0.4, -0.2) is 35.0 Å². The van der Waals surface area contributed by atoms with E-state index in [2.05, 4.69) is 17.8 Å². The molecular weight excluding hydrogens is 230 g/mol. The van der Waals surface area contributed by atoms with Gasteiger partial charge in [-0.3, -0.25) is 9.59 Å². The summed E-state index contributed by atoms with van der Waals surface area (Å²) >= 11 is 0. The molecule has 0 spiro atoms. The molecule has 18 heavy (non-hydrogen) atoms. The normalized spacial score (nSPS) is 15.6. The number of carbonyl (C=O) groups is 2. The van der Waals surface area contributed by atoms with Crippen molar-refractivity contribution >= 4 is 11.9 Å². The molecule has 0 saturated heterocycles. The number of hydrogen-bond donors (Lipinski definition) is 1. The maximum Gasteiger partial charge on any atom is 0.310 e. The van der Waals surface area contributed by atoms with E-state index in [-0.39, 0.29) is 25.4 Å². The molecule has 0 aromatic heterocycles. The van der Waals surface area contributed by atoms with Crippen LogP contribution in [0.1, 0.15) is 32.6 Å². The lowest BCUT2D eigenvalue weighted by Crippen LogP contribution is -2.44. The largest absolute Gasteiger partial charge is 0.481 e. The van der Waals surface area contributed by atoms with Gasteiger partial charge in [0.2, 0.25) is 5.91 Å². The third-order valence-electron chi connectivity index (χ3n) is 3.34. The van der Waals surface area contributed by atoms with Crippen LogP contribution in [-0.2, 0) is 9.59 Å². The Morgan fingerprint density at radius 1 is 1.39 bits per heavy atom. The van der Waals surface area contributed by atoms with Gasteiger partial charge in [0.1, 0.15) is 0 Å². The van der Waals surface area contributed by atoms with Gasteiger partial charge in [-0.1, -0.05) is 18.3 Å². The van der Waals surface area contributed by atoms with Crippen molar-refractivity contribution in [2.75, 3.05) is 13.1 Å². The monoisotopic (exact) mass is 247 g/mol. The van der Waals surface area contributed by atoms with E-state index in [1.807, 2.05) is 0 Å². The van der Waals surface area contributed by atoms with Gasteiger partial charge >= 0.3 is 5.97 Å². The van der Waals surface area contributed by atoms with Crippen LogP contribution in [0.4, 0.5) is 0 Å². The molecule has 1 saturated carbocycles. The maximum atomic E-state index is 12.1. The molecule has 0 aromatic rings. The number of rotatable bonds is 5. The Hall–Kier alpha value is -1.94. The minimum absolute atomic E-state index is 0.0232. The first-order valence-corrected chi connectivity index (χ1v) is 5.90. The predicted molar refractivity (Wildman–Crippen MR) is 67.4 cm³/mol. The number of carboxylic acids is 1. The average molecular weight is 247 g/mol. The first-order valence-electron chi connectivity index (χ1n) is 5.90. The molecule has 0 unspecified atom stereocenters. The molecule has 0 aliphatic heterocycles. The number of nitrogens with zero attached hydrogens (tertiary/aromatic N) is 1. The molecule has 1 aliphatic rings. The average Bonchev–Trinajstić information content (AvgIpc) is 2.28. The molecule has 1 N–H and O–H groups in total. The van der Waals surface area contributed by atoms with Crippen molar-refractivity contribution in [1.29, 1.82) is 0 Å². The molecule has 0 aromatic carbocycles. The van der Waals surface area contributed by atoms with Crippen LogP contribution in [0.3, 0.4) is 0 Å². The number of hydrogen-bond acceptors (Lipinski definition) is 2. The standard InChI is InChI=1S/C14H17NO3/c1-3-5-10-15(9-4-2)12(16)11-14(13(17)18)7-6-8-14/h2H,6-11H2,1H3,(H,17,18). The van der Waals surface area contributed by atoms with Gasteiger partial charge in [-0.2, -0.15) is 0 Å². The van der Waals surface area contributed by atoms with Gasteiger partial charge < -0.3 is 10.0 Å². The van der Waals surface area contributed by atoms with Gasteiger partial charge in [0.05, 0.1) is 18.5 Å². The van der Waals surface area contributed by atoms with Gasteiger partial charge in [0.25, 0.3) is 0 Å². The highest BCUT2D eigenvalue weighted by atomic mass is 16.4. The molecule has 1 rings (SSSR count). The van der Waals surface area contributed by atoms with E-state index >= 15 is 0 Å². The van der Waals surface area contributed by atoms with Crippen molar-refractivity contribution in [3.05, 3.63) is 0 Å². The summed E-state index contributed by atoms with van der Waals surface area (Å²) in [5, 5.41) is 9.18. The minimum Gasteiger partial charge on any atom is -0.481 e. The Kier molecular flexibility index (Phi) is 4.80. The SMILES string of the molecule is C#CCN(CC#CC)C(=O)CC1(C(=O)O)CCC1. The van der Waals surface area contributed by atoms with E-state index in [0.29, 0.717) is 12.8 Å². The molecule has 96 valence electrons. The topological polar surface area (TPSA) is 57.6 Å². The summed E-state index contributed by atoms with van der Waals surface area (Å²) in [6.07, 6.45) is 7.22. The van der Waals surface area contributed by atoms with Crippen LogP contribution < -0.4 is 0 Å². The number of carboxylic acid groups (broad SMARTS) is 1. The third kappa shape index (κ3) is 3.05. The van der Waals surface area contributed by atoms with E-state index in [1.165, 1.54) is 4.90 Å². The second-order valence-electron chi connectivity index (χ2n) is 4.50. The summed E-state index contributed by atoms with van der Waals surface area (Å²) in [7, 11) is 0. The molecule has 1 fully saturated rings. The van der Waals surface area contributed by atoms with E-state index in [4.69, 9.17) is 6.42 Å². The van der Waals surface area contributed by atoms with Crippen LogP contribution in [0.25, 0.3) is 0 Å². The van der Waals surface area contributed by atoms with Crippen LogP contribution in [0.5, 0.6) is 0 Å². The lowest BCUT2D eigenvalue weighted by molar-refractivity contribution is -0.159. The lowest BCUT2D eigenvalue weighted by atomic mass is 9.66. The zero-order valence-corrected chi connectivity index (χ0v) is 10.5. The number of terminal acetylenes is 1. The summed E-state index contributed by atoms with van der Waals surface area (Å²) in [6.45, 7) is 2.11. The molecule has 0 atom stereocenters. The van der Waals surface area contributed by atoms with Crippen molar-refractivity contribution in [3.63, 3.8) is 0 Å². The maximum absolute atomic E-state index is 12.1. The molecule has 0 heterocycles. The number of amides is 1. The lowest BCUT2D eigenvalue weighted by Gasteiger charge is -2.38. The Morgan fingerprint density at radius 2 is 2.06 bits per heavy atom. The second-order valence-corrected chi connectivity index (χ2v) is 4.50. The Bertz CT molecular complexity index is 432. The van der Waals surface area contributed by atoms with Gasteiger partial charge in [-0.15, -0.1) is 12.3 Å². The van der Waals surface area contributed by atoms with Crippen LogP contribution >= 0.6 is 0 Å². The first-order chi connectivity index (χ1) is 8.55. The highest BCUT2D eigenvalue weighted by Gasteiger charge is 2.46. The third-order valence-corrected chi connectivity index (χ3v) is 3.34. The fourth-order valence-electron chi connectivity index (χ4n) is 1.99. The van der Waals surface area contributed by atoms with E-state index in [0.717, 1.165) is 6.42 Å². The van der Waals surface area contributed by atoms with Gasteiger partial charge in [0, 0.05) is 6.42 Å². The van der Waals surface area contributed by atoms with Crippen LogP contribution in [0.2, 0.25) is 0 Å². The summed E-state index contributed by atoms with van der Waals surface area (Å²) in [6, 6.07) is 0. The minimum atomic E-state index is -0.885. The molecule has 0 bridgehead atoms. The fourth-order valence-corrected chi connectivity index (χ4v) is 1.99. The van der Waals surface area contributed by atoms with E-state index in [9.17, 15) is 14.7 Å². The van der Waals surface area contributed by atoms with E-state index in [1.54, 1.807) is 6.92 Å². The molecule has 1 amide bonds. The molecule has 1 aliphatic carbocycles. The quantitative estimate of drug-likeness (QED) is 0.741. The van der Waals surface area contributed by atoms with Crippen molar-refractivity contribution in [2.45, 2.75) is 32.6 Å². The van der Waals surface area contributed by atoms with Gasteiger partial charge in [-0.05, 0) is 19.8 Å².